The first-order valence-electron chi connectivity index (χ1n) is 7.78. The van der Waals surface area contributed by atoms with E-state index < -0.39 is 0 Å². The molecule has 1 heterocycles. The number of anilines is 1. The van der Waals surface area contributed by atoms with Gasteiger partial charge in [0.2, 0.25) is 0 Å². The van der Waals surface area contributed by atoms with E-state index in [1.807, 2.05) is 31.3 Å². The summed E-state index contributed by atoms with van der Waals surface area (Å²) in [7, 11) is 1.99. The van der Waals surface area contributed by atoms with Crippen molar-refractivity contribution in [1.82, 2.24) is 5.32 Å². The van der Waals surface area contributed by atoms with Gasteiger partial charge in [0.15, 0.2) is 5.78 Å². The third-order valence-electron chi connectivity index (χ3n) is 4.52. The quantitative estimate of drug-likeness (QED) is 0.876. The average Bonchev–Trinajstić information content (AvgIpc) is 2.97. The summed E-state index contributed by atoms with van der Waals surface area (Å²) in [6.45, 7) is 4.84. The summed E-state index contributed by atoms with van der Waals surface area (Å²) in [4.78, 5) is 13.8. The minimum Gasteiger partial charge on any atom is -0.356 e. The predicted octanol–water partition coefficient (Wildman–Crippen LogP) is 3.48. The Morgan fingerprint density at radius 1 is 1.14 bits per heavy atom. The molecular weight excluding hydrogens is 272 g/mol. The molecule has 0 bridgehead atoms. The number of ketones is 1. The van der Waals surface area contributed by atoms with Crippen LogP contribution in [0, 0.1) is 0 Å². The number of benzene rings is 2. The van der Waals surface area contributed by atoms with Gasteiger partial charge in [-0.2, -0.15) is 0 Å². The van der Waals surface area contributed by atoms with Crippen LogP contribution in [0.3, 0.4) is 0 Å². The number of nitrogens with zero attached hydrogens (tertiary/aromatic N) is 1. The molecule has 2 aromatic rings. The van der Waals surface area contributed by atoms with E-state index in [-0.39, 0.29) is 5.78 Å². The molecule has 0 saturated heterocycles. The third-order valence-corrected chi connectivity index (χ3v) is 4.52. The molecule has 3 heteroatoms. The van der Waals surface area contributed by atoms with Crippen LogP contribution in [0.2, 0.25) is 0 Å². The fourth-order valence-electron chi connectivity index (χ4n) is 3.06. The van der Waals surface area contributed by atoms with Crippen LogP contribution in [0.5, 0.6) is 0 Å². The summed E-state index contributed by atoms with van der Waals surface area (Å²) in [5.41, 5.74) is 5.86. The van der Waals surface area contributed by atoms with Gasteiger partial charge in [-0.15, -0.1) is 0 Å². The molecule has 0 spiro atoms. The molecule has 1 atom stereocenters. The largest absolute Gasteiger partial charge is 0.356 e. The van der Waals surface area contributed by atoms with Crippen LogP contribution in [0.15, 0.2) is 42.5 Å². The first kappa shape index (κ1) is 14.8. The van der Waals surface area contributed by atoms with E-state index in [4.69, 9.17) is 0 Å². The minimum atomic E-state index is 0.109. The number of nitrogens with one attached hydrogen (secondary N) is 1. The number of fused-ring (bicyclic) bond motifs is 1. The monoisotopic (exact) mass is 294 g/mol. The van der Waals surface area contributed by atoms with E-state index in [9.17, 15) is 4.79 Å². The second kappa shape index (κ2) is 5.93. The lowest BCUT2D eigenvalue weighted by molar-refractivity contribution is 0.101. The maximum absolute atomic E-state index is 11.4. The lowest BCUT2D eigenvalue weighted by Crippen LogP contribution is -2.40. The normalized spacial score (nSPS) is 14.8. The van der Waals surface area contributed by atoms with Crippen LogP contribution in [0.25, 0.3) is 11.1 Å². The van der Waals surface area contributed by atoms with Crippen LogP contribution >= 0.6 is 0 Å². The third kappa shape index (κ3) is 2.64. The minimum absolute atomic E-state index is 0.109. The lowest BCUT2D eigenvalue weighted by atomic mass is 10.00. The first-order valence-corrected chi connectivity index (χ1v) is 7.78. The van der Waals surface area contributed by atoms with Crippen molar-refractivity contribution in [3.8, 4) is 11.1 Å². The van der Waals surface area contributed by atoms with E-state index >= 15 is 0 Å². The first-order chi connectivity index (χ1) is 10.6. The fraction of sp³-hybridized carbons (Fsp3) is 0.316. The zero-order valence-electron chi connectivity index (χ0n) is 13.4. The van der Waals surface area contributed by atoms with Crippen molar-refractivity contribution in [3.05, 3.63) is 53.6 Å². The van der Waals surface area contributed by atoms with Gasteiger partial charge in [-0.25, -0.2) is 0 Å². The summed E-state index contributed by atoms with van der Waals surface area (Å²) in [5, 5.41) is 3.30. The van der Waals surface area contributed by atoms with Crippen molar-refractivity contribution in [2.24, 2.45) is 0 Å². The fourth-order valence-corrected chi connectivity index (χ4v) is 3.06. The number of carbonyl (C=O) groups is 1. The van der Waals surface area contributed by atoms with Crippen LogP contribution in [0.1, 0.15) is 29.8 Å². The molecule has 3 nitrogen and oxygen atoms in total. The topological polar surface area (TPSA) is 32.3 Å². The Balaban J connectivity index is 1.90. The molecule has 114 valence electrons. The molecule has 2 aromatic carbocycles. The Hall–Kier alpha value is -2.13. The Morgan fingerprint density at radius 3 is 2.45 bits per heavy atom. The maximum Gasteiger partial charge on any atom is 0.159 e. The van der Waals surface area contributed by atoms with Crippen molar-refractivity contribution in [2.45, 2.75) is 26.4 Å². The van der Waals surface area contributed by atoms with Crippen molar-refractivity contribution in [1.29, 1.82) is 0 Å². The Kier molecular flexibility index (Phi) is 3.99. The second-order valence-corrected chi connectivity index (χ2v) is 5.89. The molecule has 0 fully saturated rings. The van der Waals surface area contributed by atoms with Gasteiger partial charge in [-0.1, -0.05) is 30.3 Å². The number of rotatable bonds is 4. The Morgan fingerprint density at radius 2 is 1.82 bits per heavy atom. The molecule has 0 aliphatic carbocycles. The zero-order chi connectivity index (χ0) is 15.7. The van der Waals surface area contributed by atoms with Crippen molar-refractivity contribution >= 4 is 11.5 Å². The molecule has 3 rings (SSSR count). The van der Waals surface area contributed by atoms with Gasteiger partial charge in [0, 0.05) is 17.8 Å². The number of hydrogen-bond acceptors (Lipinski definition) is 3. The van der Waals surface area contributed by atoms with Gasteiger partial charge < -0.3 is 10.2 Å². The SMILES string of the molecule is CNC(C)N1CCc2cc(-c3ccc(C(C)=O)cc3)ccc21. The number of Topliss-reactive ketones (excluding diaryl/α,β-unsaturated/α-hetero) is 1. The standard InChI is InChI=1S/C19H22N2O/c1-13(22)15-4-6-16(7-5-15)17-8-9-19-18(12-17)10-11-21(19)14(2)20-3/h4-9,12,14,20H,10-11H2,1-3H3. The summed E-state index contributed by atoms with van der Waals surface area (Å²) >= 11 is 0. The van der Waals surface area contributed by atoms with Crippen molar-refractivity contribution in [2.75, 3.05) is 18.5 Å². The van der Waals surface area contributed by atoms with Crippen LogP contribution in [-0.4, -0.2) is 25.5 Å². The molecule has 0 radical (unpaired) electrons. The van der Waals surface area contributed by atoms with Crippen LogP contribution in [0.4, 0.5) is 5.69 Å². The maximum atomic E-state index is 11.4. The van der Waals surface area contributed by atoms with Crippen molar-refractivity contribution < 1.29 is 4.79 Å². The molecule has 1 N–H and O–H groups in total. The zero-order valence-corrected chi connectivity index (χ0v) is 13.4. The average molecular weight is 294 g/mol. The van der Waals surface area contributed by atoms with E-state index in [0.29, 0.717) is 6.17 Å². The van der Waals surface area contributed by atoms with Gasteiger partial charge in [-0.3, -0.25) is 4.79 Å². The molecule has 0 amide bonds. The van der Waals surface area contributed by atoms with Gasteiger partial charge in [0.05, 0.1) is 6.17 Å². The molecule has 0 aromatic heterocycles. The Bertz CT molecular complexity index is 691. The summed E-state index contributed by atoms with van der Waals surface area (Å²) < 4.78 is 0. The van der Waals surface area contributed by atoms with Gasteiger partial charge in [0.25, 0.3) is 0 Å². The molecular formula is C19H22N2O. The Labute approximate surface area is 132 Å². The number of hydrogen-bond donors (Lipinski definition) is 1. The summed E-state index contributed by atoms with van der Waals surface area (Å²) in [6.07, 6.45) is 1.43. The van der Waals surface area contributed by atoms with E-state index in [1.165, 1.54) is 16.8 Å². The molecule has 22 heavy (non-hydrogen) atoms. The lowest BCUT2D eigenvalue weighted by Gasteiger charge is -2.26. The number of carbonyl (C=O) groups excluding carboxylic acids is 1. The summed E-state index contributed by atoms with van der Waals surface area (Å²) in [5.74, 6) is 0.109. The molecule has 0 saturated carbocycles. The molecule has 1 unspecified atom stereocenters. The molecule has 1 aliphatic heterocycles. The van der Waals surface area contributed by atoms with Crippen molar-refractivity contribution in [3.63, 3.8) is 0 Å². The van der Waals surface area contributed by atoms with Gasteiger partial charge in [-0.05, 0) is 56.1 Å². The predicted molar refractivity (Wildman–Crippen MR) is 91.5 cm³/mol. The van der Waals surface area contributed by atoms with E-state index in [2.05, 4.69) is 35.3 Å². The van der Waals surface area contributed by atoms with E-state index in [1.54, 1.807) is 6.92 Å². The highest BCUT2D eigenvalue weighted by Gasteiger charge is 2.22. The van der Waals surface area contributed by atoms with Crippen LogP contribution in [-0.2, 0) is 6.42 Å². The highest BCUT2D eigenvalue weighted by atomic mass is 16.1. The smallest absolute Gasteiger partial charge is 0.159 e. The van der Waals surface area contributed by atoms with E-state index in [0.717, 1.165) is 24.1 Å². The summed E-state index contributed by atoms with van der Waals surface area (Å²) in [6, 6.07) is 14.5. The second-order valence-electron chi connectivity index (χ2n) is 5.89. The van der Waals surface area contributed by atoms with Gasteiger partial charge >= 0.3 is 0 Å². The van der Waals surface area contributed by atoms with Gasteiger partial charge in [0.1, 0.15) is 0 Å². The highest BCUT2D eigenvalue weighted by molar-refractivity contribution is 5.94. The molecule has 1 aliphatic rings. The highest BCUT2D eigenvalue weighted by Crippen LogP contribution is 2.33. The van der Waals surface area contributed by atoms with Crippen LogP contribution < -0.4 is 10.2 Å².